The minimum atomic E-state index is -0.900. The van der Waals surface area contributed by atoms with Gasteiger partial charge >= 0.3 is 5.97 Å². The predicted octanol–water partition coefficient (Wildman–Crippen LogP) is 5.44. The second kappa shape index (κ2) is 9.58. The molecule has 8 heteroatoms. The summed E-state index contributed by atoms with van der Waals surface area (Å²) in [5.41, 5.74) is 3.99. The molecule has 0 radical (unpaired) electrons. The van der Waals surface area contributed by atoms with Crippen LogP contribution in [-0.4, -0.2) is 29.1 Å². The van der Waals surface area contributed by atoms with Crippen molar-refractivity contribution in [2.24, 2.45) is 0 Å². The molecule has 0 unspecified atom stereocenters. The van der Waals surface area contributed by atoms with Gasteiger partial charge in [0.15, 0.2) is 5.58 Å². The number of nitrogens with one attached hydrogen (secondary N) is 1. The Morgan fingerprint density at radius 2 is 1.91 bits per heavy atom. The first-order chi connectivity index (χ1) is 15.9. The average molecular weight is 463 g/mol. The molecule has 0 atom stereocenters. The number of nitrogens with zero attached hydrogens (tertiary/aromatic N) is 1. The van der Waals surface area contributed by atoms with Crippen LogP contribution in [0.4, 0.5) is 5.69 Å². The molecule has 7 nitrogen and oxygen atoms in total. The number of aliphatic carboxylic acids is 1. The molecule has 2 N–H and O–H groups in total. The molecule has 33 heavy (non-hydrogen) atoms. The van der Waals surface area contributed by atoms with Gasteiger partial charge in [-0.1, -0.05) is 29.8 Å². The molecule has 0 saturated heterocycles. The number of anilines is 1. The zero-order valence-electron chi connectivity index (χ0n) is 17.5. The van der Waals surface area contributed by atoms with Gasteiger partial charge in [-0.25, -0.2) is 4.98 Å². The van der Waals surface area contributed by atoms with Crippen molar-refractivity contribution in [3.63, 3.8) is 0 Å². The van der Waals surface area contributed by atoms with Gasteiger partial charge in [0.2, 0.25) is 11.8 Å². The molecular weight excluding hydrogens is 444 g/mol. The van der Waals surface area contributed by atoms with Gasteiger partial charge in [-0.15, -0.1) is 0 Å². The molecule has 1 heterocycles. The van der Waals surface area contributed by atoms with Gasteiger partial charge in [0, 0.05) is 17.3 Å². The summed E-state index contributed by atoms with van der Waals surface area (Å²) >= 11 is 6.07. The Bertz CT molecular complexity index is 1360. The number of halogens is 1. The number of carboxylic acid groups (broad SMARTS) is 1. The van der Waals surface area contributed by atoms with Crippen molar-refractivity contribution in [2.75, 3.05) is 12.4 Å². The molecule has 3 aromatic carbocycles. The van der Waals surface area contributed by atoms with Gasteiger partial charge in [0.1, 0.15) is 11.3 Å². The third kappa shape index (κ3) is 5.39. The molecule has 4 rings (SSSR count). The first-order valence-electron chi connectivity index (χ1n) is 9.95. The van der Waals surface area contributed by atoms with Crippen molar-refractivity contribution in [1.82, 2.24) is 4.98 Å². The zero-order chi connectivity index (χ0) is 23.4. The van der Waals surface area contributed by atoms with Crippen LogP contribution in [0.15, 0.2) is 71.2 Å². The van der Waals surface area contributed by atoms with Gasteiger partial charge in [-0.2, -0.15) is 0 Å². The lowest BCUT2D eigenvalue weighted by atomic mass is 10.1. The van der Waals surface area contributed by atoms with E-state index in [0.29, 0.717) is 39.0 Å². The normalized spacial score (nSPS) is 11.1. The number of carboxylic acids is 1. The Labute approximate surface area is 194 Å². The van der Waals surface area contributed by atoms with E-state index in [0.717, 1.165) is 11.1 Å². The first kappa shape index (κ1) is 22.1. The third-order valence-electron chi connectivity index (χ3n) is 4.81. The molecule has 0 aliphatic carbocycles. The monoisotopic (exact) mass is 462 g/mol. The van der Waals surface area contributed by atoms with E-state index >= 15 is 0 Å². The second-order valence-electron chi connectivity index (χ2n) is 7.19. The fourth-order valence-corrected chi connectivity index (χ4v) is 3.48. The number of hydrogen-bond acceptors (Lipinski definition) is 5. The highest BCUT2D eigenvalue weighted by Crippen LogP contribution is 2.28. The fourth-order valence-electron chi connectivity index (χ4n) is 3.22. The smallest absolute Gasteiger partial charge is 0.307 e. The van der Waals surface area contributed by atoms with Crippen LogP contribution < -0.4 is 10.1 Å². The van der Waals surface area contributed by atoms with Crippen LogP contribution in [0.2, 0.25) is 5.02 Å². The largest absolute Gasteiger partial charge is 0.495 e. The Balaban J connectivity index is 1.43. The maximum atomic E-state index is 12.2. The van der Waals surface area contributed by atoms with E-state index in [1.165, 1.54) is 13.2 Å². The van der Waals surface area contributed by atoms with E-state index in [9.17, 15) is 9.59 Å². The van der Waals surface area contributed by atoms with E-state index in [1.54, 1.807) is 42.5 Å². The van der Waals surface area contributed by atoms with E-state index in [4.69, 9.17) is 25.9 Å². The molecule has 1 aromatic heterocycles. The van der Waals surface area contributed by atoms with Crippen LogP contribution in [0, 0.1) is 0 Å². The van der Waals surface area contributed by atoms with Crippen molar-refractivity contribution < 1.29 is 23.8 Å². The Hall–Kier alpha value is -4.10. The number of hydrogen-bond donors (Lipinski definition) is 2. The van der Waals surface area contributed by atoms with E-state index in [2.05, 4.69) is 10.3 Å². The maximum Gasteiger partial charge on any atom is 0.307 e. The number of benzene rings is 3. The van der Waals surface area contributed by atoms with Crippen LogP contribution in [0.3, 0.4) is 0 Å². The minimum Gasteiger partial charge on any atom is -0.495 e. The minimum absolute atomic E-state index is 0.0712. The highest BCUT2D eigenvalue weighted by molar-refractivity contribution is 6.32. The second-order valence-corrected chi connectivity index (χ2v) is 7.59. The lowest BCUT2D eigenvalue weighted by Gasteiger charge is -2.06. The number of oxazole rings is 1. The van der Waals surface area contributed by atoms with Crippen LogP contribution in [0.25, 0.3) is 28.6 Å². The summed E-state index contributed by atoms with van der Waals surface area (Å²) in [6, 6.07) is 17.5. The van der Waals surface area contributed by atoms with Crippen molar-refractivity contribution in [3.05, 3.63) is 82.9 Å². The number of methoxy groups -OCH3 is 1. The highest BCUT2D eigenvalue weighted by Gasteiger charge is 2.10. The fraction of sp³-hybridized carbons (Fsp3) is 0.0800. The van der Waals surface area contributed by atoms with Crippen LogP contribution >= 0.6 is 11.6 Å². The van der Waals surface area contributed by atoms with E-state index in [-0.39, 0.29) is 12.3 Å². The number of rotatable bonds is 7. The molecule has 0 fully saturated rings. The van der Waals surface area contributed by atoms with E-state index in [1.807, 2.05) is 24.3 Å². The molecule has 166 valence electrons. The summed E-state index contributed by atoms with van der Waals surface area (Å²) in [7, 11) is 1.52. The molecular formula is C25H19ClN2O5. The average Bonchev–Trinajstić information content (AvgIpc) is 3.21. The maximum absolute atomic E-state index is 12.2. The van der Waals surface area contributed by atoms with Gasteiger partial charge in [-0.3, -0.25) is 9.59 Å². The summed E-state index contributed by atoms with van der Waals surface area (Å²) in [5, 5.41) is 12.1. The number of carbonyl (C=O) groups excluding carboxylic acids is 1. The SMILES string of the molecule is COc1ccc(NC(=O)/C=C/c2ccc(-c3nc4cc(CC(=O)O)ccc4o3)cc2)cc1Cl. The summed E-state index contributed by atoms with van der Waals surface area (Å²) in [6.45, 7) is 0. The van der Waals surface area contributed by atoms with Crippen molar-refractivity contribution in [1.29, 1.82) is 0 Å². The van der Waals surface area contributed by atoms with E-state index < -0.39 is 5.97 Å². The van der Waals surface area contributed by atoms with Crippen LogP contribution in [0.1, 0.15) is 11.1 Å². The number of carbonyl (C=O) groups is 2. The van der Waals surface area contributed by atoms with Crippen LogP contribution in [0.5, 0.6) is 5.75 Å². The molecule has 1 amide bonds. The quantitative estimate of drug-likeness (QED) is 0.355. The molecule has 0 aliphatic rings. The summed E-state index contributed by atoms with van der Waals surface area (Å²) in [5.74, 6) is -0.230. The third-order valence-corrected chi connectivity index (χ3v) is 5.11. The summed E-state index contributed by atoms with van der Waals surface area (Å²) in [6.07, 6.45) is 3.04. The van der Waals surface area contributed by atoms with Gasteiger partial charge in [-0.05, 0) is 59.7 Å². The Morgan fingerprint density at radius 3 is 2.61 bits per heavy atom. The molecule has 0 bridgehead atoms. The van der Waals surface area contributed by atoms with Crippen molar-refractivity contribution in [3.8, 4) is 17.2 Å². The summed E-state index contributed by atoms with van der Waals surface area (Å²) in [4.78, 5) is 27.6. The highest BCUT2D eigenvalue weighted by atomic mass is 35.5. The number of aromatic nitrogens is 1. The first-order valence-corrected chi connectivity index (χ1v) is 10.3. The van der Waals surface area contributed by atoms with Gasteiger partial charge in [0.25, 0.3) is 0 Å². The Morgan fingerprint density at radius 1 is 1.12 bits per heavy atom. The predicted molar refractivity (Wildman–Crippen MR) is 126 cm³/mol. The van der Waals surface area contributed by atoms with Crippen LogP contribution in [-0.2, 0) is 16.0 Å². The number of amides is 1. The van der Waals surface area contributed by atoms with Crippen molar-refractivity contribution >= 4 is 46.3 Å². The molecule has 4 aromatic rings. The number of fused-ring (bicyclic) bond motifs is 1. The topological polar surface area (TPSA) is 102 Å². The van der Waals surface area contributed by atoms with Gasteiger partial charge < -0.3 is 19.6 Å². The van der Waals surface area contributed by atoms with Crippen molar-refractivity contribution in [2.45, 2.75) is 6.42 Å². The lowest BCUT2D eigenvalue weighted by Crippen LogP contribution is -2.07. The molecule has 0 spiro atoms. The molecule has 0 aliphatic heterocycles. The zero-order valence-corrected chi connectivity index (χ0v) is 18.3. The number of ether oxygens (including phenoxy) is 1. The Kier molecular flexibility index (Phi) is 6.42. The standard InChI is InChI=1S/C25H19ClN2O5/c1-32-21-10-8-18(14-19(21)26)27-23(29)11-5-15-2-6-17(7-3-15)25-28-20-12-16(13-24(30)31)4-9-22(20)33-25/h2-12,14H,13H2,1H3,(H,27,29)(H,30,31)/b11-5+. The summed E-state index contributed by atoms with van der Waals surface area (Å²) < 4.78 is 10.9. The van der Waals surface area contributed by atoms with Gasteiger partial charge in [0.05, 0.1) is 18.6 Å². The lowest BCUT2D eigenvalue weighted by molar-refractivity contribution is -0.136. The molecule has 0 saturated carbocycles.